The van der Waals surface area contributed by atoms with Crippen molar-refractivity contribution in [2.45, 2.75) is 38.5 Å². The molecular formula is C26H28F3N7O3. The topological polar surface area (TPSA) is 149 Å². The maximum Gasteiger partial charge on any atom is 0.490 e. The van der Waals surface area contributed by atoms with E-state index in [1.165, 1.54) is 22.0 Å². The number of halogens is 3. The highest BCUT2D eigenvalue weighted by molar-refractivity contribution is 5.89. The minimum Gasteiger partial charge on any atom is -0.475 e. The number of rotatable bonds is 5. The second kappa shape index (κ2) is 12.8. The Labute approximate surface area is 222 Å². The molecule has 0 atom stereocenters. The van der Waals surface area contributed by atoms with E-state index in [1.54, 1.807) is 24.3 Å². The maximum absolute atomic E-state index is 12.4. The zero-order valence-electron chi connectivity index (χ0n) is 21.1. The molecule has 1 aromatic heterocycles. The Morgan fingerprint density at radius 3 is 2.31 bits per heavy atom. The number of nitriles is 1. The summed E-state index contributed by atoms with van der Waals surface area (Å²) in [7, 11) is 0. The predicted molar refractivity (Wildman–Crippen MR) is 138 cm³/mol. The van der Waals surface area contributed by atoms with Crippen molar-refractivity contribution in [3.63, 3.8) is 0 Å². The standard InChI is InChI=1S/C24H27N7O.C2HF3O2/c1-17-4-2-3-5-18(17)16-30-12-10-21(11-13-30)29-24(32)28-20-6-8-22(9-7-20)31-23(26)19(14-25)15-27-31;3-2(4,5)1(6)7/h2-9,15,21H,10-13,16,26H2,1H3,(H2,28,29,32);(H,6,7). The summed E-state index contributed by atoms with van der Waals surface area (Å²) >= 11 is 0. The van der Waals surface area contributed by atoms with Crippen LogP contribution in [0, 0.1) is 18.3 Å². The first-order valence-corrected chi connectivity index (χ1v) is 12.0. The highest BCUT2D eigenvalue weighted by Gasteiger charge is 2.38. The molecule has 2 heterocycles. The average molecular weight is 544 g/mol. The molecule has 10 nitrogen and oxygen atoms in total. The van der Waals surface area contributed by atoms with Gasteiger partial charge in [0.15, 0.2) is 0 Å². The van der Waals surface area contributed by atoms with Crippen LogP contribution in [-0.2, 0) is 11.3 Å². The van der Waals surface area contributed by atoms with Crippen molar-refractivity contribution >= 4 is 23.5 Å². The number of alkyl halides is 3. The molecule has 4 rings (SSSR count). The number of aliphatic carboxylic acids is 1. The van der Waals surface area contributed by atoms with Crippen LogP contribution in [0.4, 0.5) is 29.5 Å². The number of hydrogen-bond donors (Lipinski definition) is 4. The molecule has 0 radical (unpaired) electrons. The Morgan fingerprint density at radius 2 is 1.77 bits per heavy atom. The van der Waals surface area contributed by atoms with E-state index < -0.39 is 12.1 Å². The molecule has 1 aliphatic heterocycles. The van der Waals surface area contributed by atoms with E-state index in [4.69, 9.17) is 20.9 Å². The van der Waals surface area contributed by atoms with Crippen LogP contribution in [-0.4, -0.2) is 57.1 Å². The van der Waals surface area contributed by atoms with Gasteiger partial charge in [0.25, 0.3) is 0 Å². The fraction of sp³-hybridized carbons (Fsp3) is 0.308. The lowest BCUT2D eigenvalue weighted by atomic mass is 10.0. The van der Waals surface area contributed by atoms with Gasteiger partial charge in [-0.1, -0.05) is 24.3 Å². The largest absolute Gasteiger partial charge is 0.490 e. The first kappa shape index (κ1) is 29.0. The number of nitrogens with zero attached hydrogens (tertiary/aromatic N) is 4. The molecule has 3 aromatic rings. The van der Waals surface area contributed by atoms with Crippen molar-refractivity contribution in [2.75, 3.05) is 24.1 Å². The lowest BCUT2D eigenvalue weighted by molar-refractivity contribution is -0.192. The minimum atomic E-state index is -5.08. The minimum absolute atomic E-state index is 0.163. The number of nitrogens with one attached hydrogen (secondary N) is 2. The predicted octanol–water partition coefficient (Wildman–Crippen LogP) is 4.05. The Balaban J connectivity index is 0.000000532. The second-order valence-corrected chi connectivity index (χ2v) is 8.89. The SMILES string of the molecule is Cc1ccccc1CN1CCC(NC(=O)Nc2ccc(-n3ncc(C#N)c3N)cc2)CC1.O=C(O)C(F)(F)F. The summed E-state index contributed by atoms with van der Waals surface area (Å²) in [5, 5.41) is 26.2. The van der Waals surface area contributed by atoms with Crippen molar-refractivity contribution in [3.8, 4) is 11.8 Å². The van der Waals surface area contributed by atoms with Crippen molar-refractivity contribution in [1.29, 1.82) is 5.26 Å². The van der Waals surface area contributed by atoms with Gasteiger partial charge in [-0.25, -0.2) is 14.3 Å². The van der Waals surface area contributed by atoms with E-state index in [0.29, 0.717) is 17.1 Å². The lowest BCUT2D eigenvalue weighted by Gasteiger charge is -2.32. The molecular weight excluding hydrogens is 515 g/mol. The normalized spacial score (nSPS) is 14.0. The second-order valence-electron chi connectivity index (χ2n) is 8.89. The van der Waals surface area contributed by atoms with Gasteiger partial charge < -0.3 is 21.5 Å². The van der Waals surface area contributed by atoms with Gasteiger partial charge in [0.05, 0.1) is 11.9 Å². The molecule has 0 unspecified atom stereocenters. The summed E-state index contributed by atoms with van der Waals surface area (Å²) in [6.07, 6.45) is -1.79. The first-order chi connectivity index (χ1) is 18.5. The summed E-state index contributed by atoms with van der Waals surface area (Å²) in [6.45, 7) is 5.02. The molecule has 5 N–H and O–H groups in total. The Morgan fingerprint density at radius 1 is 1.15 bits per heavy atom. The molecule has 0 saturated carbocycles. The van der Waals surface area contributed by atoms with Crippen molar-refractivity contribution in [2.24, 2.45) is 0 Å². The van der Waals surface area contributed by atoms with E-state index in [9.17, 15) is 18.0 Å². The number of anilines is 2. The van der Waals surface area contributed by atoms with Gasteiger partial charge in [0, 0.05) is 31.4 Å². The third-order valence-electron chi connectivity index (χ3n) is 6.12. The number of benzene rings is 2. The molecule has 13 heteroatoms. The molecule has 39 heavy (non-hydrogen) atoms. The number of aromatic nitrogens is 2. The number of carboxylic acids is 1. The zero-order valence-corrected chi connectivity index (χ0v) is 21.1. The van der Waals surface area contributed by atoms with E-state index in [1.807, 2.05) is 6.07 Å². The van der Waals surface area contributed by atoms with Crippen molar-refractivity contribution in [3.05, 3.63) is 71.4 Å². The quantitative estimate of drug-likeness (QED) is 0.379. The maximum atomic E-state index is 12.4. The van der Waals surface area contributed by atoms with Crippen LogP contribution in [0.2, 0.25) is 0 Å². The number of urea groups is 1. The summed E-state index contributed by atoms with van der Waals surface area (Å²) in [4.78, 5) is 23.8. The first-order valence-electron chi connectivity index (χ1n) is 12.0. The smallest absolute Gasteiger partial charge is 0.475 e. The van der Waals surface area contributed by atoms with Crippen LogP contribution < -0.4 is 16.4 Å². The number of piperidine rings is 1. The molecule has 1 saturated heterocycles. The Bertz CT molecular complexity index is 1330. The van der Waals surface area contributed by atoms with Crippen LogP contribution in [0.5, 0.6) is 0 Å². The molecule has 1 fully saturated rings. The Hall–Kier alpha value is -4.57. The van der Waals surface area contributed by atoms with Crippen LogP contribution in [0.1, 0.15) is 29.5 Å². The van der Waals surface area contributed by atoms with Crippen molar-refractivity contribution in [1.82, 2.24) is 20.0 Å². The number of nitrogens with two attached hydrogens (primary N) is 1. The summed E-state index contributed by atoms with van der Waals surface area (Å²) in [5.41, 5.74) is 10.3. The molecule has 2 aromatic carbocycles. The van der Waals surface area contributed by atoms with Gasteiger partial charge >= 0.3 is 18.2 Å². The number of nitrogen functional groups attached to an aromatic ring is 1. The number of carbonyl (C=O) groups excluding carboxylic acids is 1. The van der Waals surface area contributed by atoms with Gasteiger partial charge in [-0.2, -0.15) is 23.5 Å². The summed E-state index contributed by atoms with van der Waals surface area (Å²) < 4.78 is 33.2. The third-order valence-corrected chi connectivity index (χ3v) is 6.12. The van der Waals surface area contributed by atoms with Crippen molar-refractivity contribution < 1.29 is 27.9 Å². The number of likely N-dealkylation sites (tertiary alicyclic amines) is 1. The molecule has 206 valence electrons. The highest BCUT2D eigenvalue weighted by atomic mass is 19.4. The fourth-order valence-electron chi connectivity index (χ4n) is 3.95. The summed E-state index contributed by atoms with van der Waals surface area (Å²) in [6, 6.07) is 17.6. The van der Waals surface area contributed by atoms with Gasteiger partial charge in [-0.15, -0.1) is 0 Å². The lowest BCUT2D eigenvalue weighted by Crippen LogP contribution is -2.45. The van der Waals surface area contributed by atoms with Crippen LogP contribution >= 0.6 is 0 Å². The highest BCUT2D eigenvalue weighted by Crippen LogP contribution is 2.19. The third kappa shape index (κ3) is 8.21. The molecule has 0 spiro atoms. The zero-order chi connectivity index (χ0) is 28.6. The number of carboxylic acid groups (broad SMARTS) is 1. The Kier molecular flexibility index (Phi) is 9.51. The average Bonchev–Trinajstić information content (AvgIpc) is 3.27. The number of hydrogen-bond acceptors (Lipinski definition) is 6. The summed E-state index contributed by atoms with van der Waals surface area (Å²) in [5.74, 6) is -2.47. The van der Waals surface area contributed by atoms with E-state index in [-0.39, 0.29) is 12.1 Å². The van der Waals surface area contributed by atoms with Gasteiger partial charge in [-0.05, 0) is 55.2 Å². The molecule has 1 aliphatic rings. The van der Waals surface area contributed by atoms with Gasteiger partial charge in [0.1, 0.15) is 17.5 Å². The molecule has 0 aliphatic carbocycles. The van der Waals surface area contributed by atoms with Gasteiger partial charge in [-0.3, -0.25) is 4.90 Å². The number of amides is 2. The van der Waals surface area contributed by atoms with Gasteiger partial charge in [0.2, 0.25) is 0 Å². The monoisotopic (exact) mass is 543 g/mol. The number of carbonyl (C=O) groups is 2. The molecule has 0 bridgehead atoms. The van der Waals surface area contributed by atoms with E-state index in [2.05, 4.69) is 51.8 Å². The van der Waals surface area contributed by atoms with E-state index in [0.717, 1.165) is 38.2 Å². The number of aryl methyl sites for hydroxylation is 1. The van der Waals surface area contributed by atoms with Crippen LogP contribution in [0.25, 0.3) is 5.69 Å². The van der Waals surface area contributed by atoms with Crippen LogP contribution in [0.3, 0.4) is 0 Å². The fourth-order valence-corrected chi connectivity index (χ4v) is 3.95. The van der Waals surface area contributed by atoms with Crippen LogP contribution in [0.15, 0.2) is 54.7 Å². The van der Waals surface area contributed by atoms with E-state index >= 15 is 0 Å². The molecule has 2 amide bonds.